The lowest BCUT2D eigenvalue weighted by Crippen LogP contribution is -1.93. The molecule has 7 aromatic rings. The van der Waals surface area contributed by atoms with E-state index in [4.69, 9.17) is 14.4 Å². The molecule has 0 aliphatic rings. The van der Waals surface area contributed by atoms with Gasteiger partial charge in [-0.25, -0.2) is 9.97 Å². The maximum atomic E-state index is 6.12. The van der Waals surface area contributed by atoms with Crippen LogP contribution >= 0.6 is 0 Å². The molecule has 0 saturated heterocycles. The second kappa shape index (κ2) is 7.89. The fraction of sp³-hybridized carbons (Fsp3) is 0. The molecule has 0 radical (unpaired) electrons. The number of rotatable bonds is 3. The standard InChI is InChI=1S/C31H19N3O/c1-3-11-24-20(8-1)16-21-9-2-4-12-25(21)30(24)23-17-27(22-10-7-15-32-19-22)33-28(18-23)31-34-26-13-5-6-14-29(26)35-31/h1-19H. The SMILES string of the molecule is c1cncc(-c2cc(-c3c4ccccc4cc4ccccc34)cc(-c3nc4ccccc4o3)n2)c1. The third-order valence-corrected chi connectivity index (χ3v) is 6.36. The highest BCUT2D eigenvalue weighted by Crippen LogP contribution is 2.39. The Labute approximate surface area is 201 Å². The van der Waals surface area contributed by atoms with Crippen molar-refractivity contribution in [2.24, 2.45) is 0 Å². The van der Waals surface area contributed by atoms with Crippen LogP contribution in [0, 0.1) is 0 Å². The fourth-order valence-corrected chi connectivity index (χ4v) is 4.75. The molecule has 0 spiro atoms. The third kappa shape index (κ3) is 3.35. The minimum atomic E-state index is 0.503. The number of pyridine rings is 2. The van der Waals surface area contributed by atoms with Gasteiger partial charge in [0.2, 0.25) is 5.89 Å². The van der Waals surface area contributed by atoms with Crippen LogP contribution in [0.15, 0.2) is 120 Å². The summed E-state index contributed by atoms with van der Waals surface area (Å²) in [6.07, 6.45) is 3.61. The largest absolute Gasteiger partial charge is 0.435 e. The van der Waals surface area contributed by atoms with Gasteiger partial charge in [-0.2, -0.15) is 0 Å². The monoisotopic (exact) mass is 449 g/mol. The molecular formula is C31H19N3O. The van der Waals surface area contributed by atoms with E-state index in [0.29, 0.717) is 11.6 Å². The van der Waals surface area contributed by atoms with Crippen molar-refractivity contribution in [3.63, 3.8) is 0 Å². The molecule has 0 saturated carbocycles. The summed E-state index contributed by atoms with van der Waals surface area (Å²) in [5.41, 5.74) is 6.24. The summed E-state index contributed by atoms with van der Waals surface area (Å²) in [6.45, 7) is 0. The van der Waals surface area contributed by atoms with Crippen molar-refractivity contribution in [1.82, 2.24) is 15.0 Å². The van der Waals surface area contributed by atoms with Gasteiger partial charge in [-0.15, -0.1) is 0 Å². The Morgan fingerprint density at radius 3 is 2.03 bits per heavy atom. The Balaban J connectivity index is 1.56. The molecule has 7 rings (SSSR count). The maximum Gasteiger partial charge on any atom is 0.246 e. The van der Waals surface area contributed by atoms with Crippen molar-refractivity contribution in [1.29, 1.82) is 0 Å². The zero-order valence-electron chi connectivity index (χ0n) is 18.7. The molecule has 164 valence electrons. The van der Waals surface area contributed by atoms with Crippen molar-refractivity contribution in [3.05, 3.63) is 116 Å². The van der Waals surface area contributed by atoms with Gasteiger partial charge in [0.15, 0.2) is 5.58 Å². The summed E-state index contributed by atoms with van der Waals surface area (Å²) in [5, 5.41) is 4.78. The van der Waals surface area contributed by atoms with Crippen molar-refractivity contribution in [2.45, 2.75) is 0 Å². The molecule has 0 unspecified atom stereocenters. The molecule has 4 nitrogen and oxygen atoms in total. The van der Waals surface area contributed by atoms with Crippen LogP contribution in [-0.4, -0.2) is 15.0 Å². The molecule has 0 aliphatic heterocycles. The van der Waals surface area contributed by atoms with E-state index in [1.165, 1.54) is 27.1 Å². The molecule has 0 amide bonds. The molecule has 0 N–H and O–H groups in total. The van der Waals surface area contributed by atoms with E-state index >= 15 is 0 Å². The van der Waals surface area contributed by atoms with E-state index in [1.54, 1.807) is 6.20 Å². The Bertz CT molecular complexity index is 1770. The second-order valence-electron chi connectivity index (χ2n) is 8.55. The van der Waals surface area contributed by atoms with Crippen LogP contribution in [0.1, 0.15) is 0 Å². The van der Waals surface area contributed by atoms with Crippen molar-refractivity contribution in [3.8, 4) is 34.0 Å². The molecule has 4 aromatic carbocycles. The maximum absolute atomic E-state index is 6.12. The Kier molecular flexibility index (Phi) is 4.42. The highest BCUT2D eigenvalue weighted by molar-refractivity contribution is 6.13. The van der Waals surface area contributed by atoms with Crippen LogP contribution in [0.5, 0.6) is 0 Å². The first kappa shape index (κ1) is 19.6. The lowest BCUT2D eigenvalue weighted by molar-refractivity contribution is 0.617. The van der Waals surface area contributed by atoms with E-state index in [9.17, 15) is 0 Å². The minimum Gasteiger partial charge on any atom is -0.435 e. The number of hydrogen-bond donors (Lipinski definition) is 0. The van der Waals surface area contributed by atoms with Crippen LogP contribution < -0.4 is 0 Å². The summed E-state index contributed by atoms with van der Waals surface area (Å²) in [7, 11) is 0. The Morgan fingerprint density at radius 2 is 1.29 bits per heavy atom. The van der Waals surface area contributed by atoms with Gasteiger partial charge in [-0.05, 0) is 75.1 Å². The zero-order chi connectivity index (χ0) is 23.2. The van der Waals surface area contributed by atoms with Gasteiger partial charge in [0.05, 0.1) is 5.69 Å². The zero-order valence-corrected chi connectivity index (χ0v) is 18.7. The quantitative estimate of drug-likeness (QED) is 0.257. The van der Waals surface area contributed by atoms with Gasteiger partial charge in [0, 0.05) is 18.0 Å². The number of benzene rings is 4. The topological polar surface area (TPSA) is 51.8 Å². The molecule has 0 atom stereocenters. The van der Waals surface area contributed by atoms with Crippen LogP contribution in [0.2, 0.25) is 0 Å². The summed E-state index contributed by atoms with van der Waals surface area (Å²) in [5.74, 6) is 0.503. The number of nitrogens with zero attached hydrogens (tertiary/aromatic N) is 3. The lowest BCUT2D eigenvalue weighted by atomic mass is 9.91. The summed E-state index contributed by atoms with van der Waals surface area (Å²) >= 11 is 0. The molecule has 0 fully saturated rings. The predicted octanol–water partition coefficient (Wildman–Crippen LogP) is 7.93. The van der Waals surface area contributed by atoms with Gasteiger partial charge in [-0.3, -0.25) is 4.98 Å². The number of aromatic nitrogens is 3. The Morgan fingerprint density at radius 1 is 0.571 bits per heavy atom. The van der Waals surface area contributed by atoms with Crippen LogP contribution in [0.25, 0.3) is 66.6 Å². The van der Waals surface area contributed by atoms with E-state index in [-0.39, 0.29) is 0 Å². The van der Waals surface area contributed by atoms with Crippen molar-refractivity contribution >= 4 is 32.6 Å². The van der Waals surface area contributed by atoms with Gasteiger partial charge in [-0.1, -0.05) is 60.7 Å². The minimum absolute atomic E-state index is 0.503. The van der Waals surface area contributed by atoms with E-state index in [1.807, 2.05) is 42.6 Å². The molecular weight excluding hydrogens is 430 g/mol. The normalized spacial score (nSPS) is 11.4. The summed E-state index contributed by atoms with van der Waals surface area (Å²) in [4.78, 5) is 14.0. The smallest absolute Gasteiger partial charge is 0.246 e. The van der Waals surface area contributed by atoms with E-state index in [2.05, 4.69) is 71.7 Å². The average molecular weight is 450 g/mol. The molecule has 3 heterocycles. The van der Waals surface area contributed by atoms with Gasteiger partial charge in [0.25, 0.3) is 0 Å². The highest BCUT2D eigenvalue weighted by Gasteiger charge is 2.17. The van der Waals surface area contributed by atoms with Gasteiger partial charge >= 0.3 is 0 Å². The highest BCUT2D eigenvalue weighted by atomic mass is 16.3. The first-order valence-electron chi connectivity index (χ1n) is 11.5. The van der Waals surface area contributed by atoms with Crippen LogP contribution in [0.4, 0.5) is 0 Å². The van der Waals surface area contributed by atoms with Crippen LogP contribution in [-0.2, 0) is 0 Å². The molecule has 4 heteroatoms. The van der Waals surface area contributed by atoms with Gasteiger partial charge in [0.1, 0.15) is 11.2 Å². The number of fused-ring (bicyclic) bond motifs is 3. The second-order valence-corrected chi connectivity index (χ2v) is 8.55. The van der Waals surface area contributed by atoms with Gasteiger partial charge < -0.3 is 4.42 Å². The average Bonchev–Trinajstić information content (AvgIpc) is 3.36. The van der Waals surface area contributed by atoms with E-state index < -0.39 is 0 Å². The number of oxazole rings is 1. The first-order chi connectivity index (χ1) is 17.3. The third-order valence-electron chi connectivity index (χ3n) is 6.36. The molecule has 0 aliphatic carbocycles. The summed E-state index contributed by atoms with van der Waals surface area (Å²) < 4.78 is 6.12. The van der Waals surface area contributed by atoms with Crippen LogP contribution in [0.3, 0.4) is 0 Å². The molecule has 35 heavy (non-hydrogen) atoms. The van der Waals surface area contributed by atoms with Crippen molar-refractivity contribution in [2.75, 3.05) is 0 Å². The van der Waals surface area contributed by atoms with E-state index in [0.717, 1.165) is 27.9 Å². The first-order valence-corrected chi connectivity index (χ1v) is 11.5. The summed E-state index contributed by atoms with van der Waals surface area (Å²) in [6, 6.07) is 35.2. The predicted molar refractivity (Wildman–Crippen MR) is 141 cm³/mol. The number of hydrogen-bond acceptors (Lipinski definition) is 4. The lowest BCUT2D eigenvalue weighted by Gasteiger charge is -2.14. The molecule has 3 aromatic heterocycles. The Hall–Kier alpha value is -4.83. The number of para-hydroxylation sites is 2. The molecule has 0 bridgehead atoms. The fourth-order valence-electron chi connectivity index (χ4n) is 4.75. The van der Waals surface area contributed by atoms with Crippen molar-refractivity contribution < 1.29 is 4.42 Å².